The predicted molar refractivity (Wildman–Crippen MR) is 76.9 cm³/mol. The molecule has 0 aromatic heterocycles. The monoisotopic (exact) mass is 310 g/mol. The fourth-order valence-electron chi connectivity index (χ4n) is 2.79. The van der Waals surface area contributed by atoms with E-state index in [0.29, 0.717) is 19.4 Å². The predicted octanol–water partition coefficient (Wildman–Crippen LogP) is 0.677. The minimum absolute atomic E-state index is 0.0632. The molecule has 1 aromatic rings. The van der Waals surface area contributed by atoms with Gasteiger partial charge in [-0.1, -0.05) is 6.07 Å². The molecule has 0 saturated carbocycles. The van der Waals surface area contributed by atoms with E-state index in [1.807, 2.05) is 0 Å². The quantitative estimate of drug-likeness (QED) is 0.855. The van der Waals surface area contributed by atoms with Gasteiger partial charge in [-0.05, 0) is 25.0 Å². The molecule has 1 heterocycles. The van der Waals surface area contributed by atoms with Crippen LogP contribution in [0.25, 0.3) is 0 Å². The molecule has 6 nitrogen and oxygen atoms in total. The minimum atomic E-state index is -1.36. The molecular formula is C15H19FN2O4. The van der Waals surface area contributed by atoms with Crippen LogP contribution in [0.1, 0.15) is 29.6 Å². The van der Waals surface area contributed by atoms with Crippen molar-refractivity contribution in [2.75, 3.05) is 20.2 Å². The van der Waals surface area contributed by atoms with Gasteiger partial charge < -0.3 is 20.5 Å². The first kappa shape index (κ1) is 16.2. The maximum absolute atomic E-state index is 14.0. The number of aliphatic hydroxyl groups is 1. The van der Waals surface area contributed by atoms with Crippen LogP contribution in [0.5, 0.6) is 5.75 Å². The van der Waals surface area contributed by atoms with Crippen LogP contribution in [0.2, 0.25) is 0 Å². The smallest absolute Gasteiger partial charge is 0.260 e. The van der Waals surface area contributed by atoms with Gasteiger partial charge in [0, 0.05) is 6.54 Å². The van der Waals surface area contributed by atoms with Crippen molar-refractivity contribution in [1.29, 1.82) is 0 Å². The first-order valence-electron chi connectivity index (χ1n) is 6.99. The summed E-state index contributed by atoms with van der Waals surface area (Å²) >= 11 is 0. The van der Waals surface area contributed by atoms with Gasteiger partial charge >= 0.3 is 0 Å². The lowest BCUT2D eigenvalue weighted by atomic mass is 9.89. The Morgan fingerprint density at radius 1 is 1.50 bits per heavy atom. The van der Waals surface area contributed by atoms with E-state index in [9.17, 15) is 19.1 Å². The zero-order chi connectivity index (χ0) is 16.3. The summed E-state index contributed by atoms with van der Waals surface area (Å²) in [7, 11) is 1.35. The summed E-state index contributed by atoms with van der Waals surface area (Å²) in [5.41, 5.74) is 3.59. The van der Waals surface area contributed by atoms with E-state index in [-0.39, 0.29) is 24.3 Å². The highest BCUT2D eigenvalue weighted by molar-refractivity contribution is 5.97. The number of likely N-dealkylation sites (tertiary alicyclic amines) is 1. The summed E-state index contributed by atoms with van der Waals surface area (Å²) in [5, 5.41) is 10.4. The Labute approximate surface area is 127 Å². The van der Waals surface area contributed by atoms with Crippen molar-refractivity contribution in [1.82, 2.24) is 4.90 Å². The molecule has 1 saturated heterocycles. The van der Waals surface area contributed by atoms with Gasteiger partial charge in [0.25, 0.3) is 5.91 Å². The summed E-state index contributed by atoms with van der Waals surface area (Å²) in [4.78, 5) is 24.9. The van der Waals surface area contributed by atoms with Gasteiger partial charge in [0.15, 0.2) is 0 Å². The molecule has 7 heteroatoms. The number of carbonyl (C=O) groups is 2. The van der Waals surface area contributed by atoms with Crippen LogP contribution in [0.4, 0.5) is 4.39 Å². The summed E-state index contributed by atoms with van der Waals surface area (Å²) in [6.07, 6.45) is 0.644. The number of hydrogen-bond donors (Lipinski definition) is 2. The number of hydrogen-bond acceptors (Lipinski definition) is 4. The Morgan fingerprint density at radius 3 is 2.86 bits per heavy atom. The van der Waals surface area contributed by atoms with Crippen LogP contribution in [0.3, 0.4) is 0 Å². The van der Waals surface area contributed by atoms with Gasteiger partial charge in [-0.2, -0.15) is 0 Å². The molecule has 120 valence electrons. The molecule has 0 aliphatic carbocycles. The minimum Gasteiger partial charge on any atom is -0.496 e. The van der Waals surface area contributed by atoms with E-state index in [0.717, 1.165) is 0 Å². The second kappa shape index (κ2) is 6.31. The number of nitrogens with two attached hydrogens (primary N) is 1. The third-order valence-electron chi connectivity index (χ3n) is 3.76. The highest BCUT2D eigenvalue weighted by Gasteiger charge is 2.37. The maximum Gasteiger partial charge on any atom is 0.260 e. The molecule has 1 aliphatic heterocycles. The molecule has 1 atom stereocenters. The Bertz CT molecular complexity index is 593. The highest BCUT2D eigenvalue weighted by atomic mass is 19.1. The van der Waals surface area contributed by atoms with E-state index in [2.05, 4.69) is 0 Å². The Balaban J connectivity index is 2.25. The van der Waals surface area contributed by atoms with E-state index >= 15 is 0 Å². The van der Waals surface area contributed by atoms with Crippen LogP contribution in [-0.4, -0.2) is 47.6 Å². The van der Waals surface area contributed by atoms with E-state index < -0.39 is 23.2 Å². The topological polar surface area (TPSA) is 92.9 Å². The highest BCUT2D eigenvalue weighted by Crippen LogP contribution is 2.28. The number of benzene rings is 1. The molecule has 3 N–H and O–H groups in total. The van der Waals surface area contributed by atoms with E-state index in [1.54, 1.807) is 0 Å². The molecule has 0 spiro atoms. The van der Waals surface area contributed by atoms with Gasteiger partial charge in [0.05, 0.1) is 25.7 Å². The number of ether oxygens (including phenoxy) is 1. The normalized spacial score (nSPS) is 21.5. The van der Waals surface area contributed by atoms with E-state index in [1.165, 1.54) is 30.2 Å². The van der Waals surface area contributed by atoms with Crippen LogP contribution in [0, 0.1) is 5.82 Å². The van der Waals surface area contributed by atoms with Gasteiger partial charge in [0.2, 0.25) is 5.91 Å². The van der Waals surface area contributed by atoms with Crippen LogP contribution >= 0.6 is 0 Å². The number of nitrogens with zero attached hydrogens (tertiary/aromatic N) is 1. The largest absolute Gasteiger partial charge is 0.496 e. The number of rotatable bonds is 4. The molecule has 1 aliphatic rings. The number of piperidine rings is 1. The lowest BCUT2D eigenvalue weighted by Gasteiger charge is -2.38. The standard InChI is InChI=1S/C15H19FN2O4/c1-22-11-5-2-4-10(16)13(11)14(20)18-7-3-6-15(21,9-18)8-12(17)19/h2,4-5,21H,3,6-9H2,1H3,(H2,17,19). The fourth-order valence-corrected chi connectivity index (χ4v) is 2.79. The molecule has 1 aromatic carbocycles. The van der Waals surface area contributed by atoms with Crippen LogP contribution in [-0.2, 0) is 4.79 Å². The second-order valence-corrected chi connectivity index (χ2v) is 5.51. The maximum atomic E-state index is 14.0. The molecule has 0 radical (unpaired) electrons. The van der Waals surface area contributed by atoms with Crippen molar-refractivity contribution >= 4 is 11.8 Å². The number of amides is 2. The zero-order valence-electron chi connectivity index (χ0n) is 12.3. The SMILES string of the molecule is COc1cccc(F)c1C(=O)N1CCCC(O)(CC(N)=O)C1. The van der Waals surface area contributed by atoms with Crippen molar-refractivity contribution in [3.8, 4) is 5.75 Å². The molecule has 2 amide bonds. The molecule has 22 heavy (non-hydrogen) atoms. The molecule has 0 bridgehead atoms. The summed E-state index contributed by atoms with van der Waals surface area (Å²) in [5.74, 6) is -1.76. The number of methoxy groups -OCH3 is 1. The fraction of sp³-hybridized carbons (Fsp3) is 0.467. The van der Waals surface area contributed by atoms with Crippen molar-refractivity contribution < 1.29 is 23.8 Å². The van der Waals surface area contributed by atoms with E-state index in [4.69, 9.17) is 10.5 Å². The van der Waals surface area contributed by atoms with Gasteiger partial charge in [0.1, 0.15) is 17.1 Å². The lowest BCUT2D eigenvalue weighted by Crippen LogP contribution is -2.52. The number of β-amino-alcohol motifs (C(OH)–C–C–N with tert-alkyl or cyclic N) is 1. The molecule has 1 fully saturated rings. The average molecular weight is 310 g/mol. The first-order chi connectivity index (χ1) is 10.4. The first-order valence-corrected chi connectivity index (χ1v) is 6.99. The zero-order valence-corrected chi connectivity index (χ0v) is 12.3. The Kier molecular flexibility index (Phi) is 4.65. The Hall–Kier alpha value is -2.15. The van der Waals surface area contributed by atoms with Gasteiger partial charge in [-0.3, -0.25) is 9.59 Å². The second-order valence-electron chi connectivity index (χ2n) is 5.51. The van der Waals surface area contributed by atoms with Crippen molar-refractivity contribution in [2.24, 2.45) is 5.73 Å². The van der Waals surface area contributed by atoms with Crippen molar-refractivity contribution in [3.63, 3.8) is 0 Å². The van der Waals surface area contributed by atoms with Gasteiger partial charge in [-0.15, -0.1) is 0 Å². The van der Waals surface area contributed by atoms with Crippen LogP contribution < -0.4 is 10.5 Å². The average Bonchev–Trinajstić information content (AvgIpc) is 2.44. The molecule has 1 unspecified atom stereocenters. The van der Waals surface area contributed by atoms with Gasteiger partial charge in [-0.25, -0.2) is 4.39 Å². The lowest BCUT2D eigenvalue weighted by molar-refractivity contribution is -0.125. The van der Waals surface area contributed by atoms with Crippen molar-refractivity contribution in [3.05, 3.63) is 29.6 Å². The number of primary amides is 1. The summed E-state index contributed by atoms with van der Waals surface area (Å²) in [6, 6.07) is 4.12. The third kappa shape index (κ3) is 3.36. The van der Waals surface area contributed by atoms with Crippen molar-refractivity contribution in [2.45, 2.75) is 24.9 Å². The third-order valence-corrected chi connectivity index (χ3v) is 3.76. The number of carbonyl (C=O) groups excluding carboxylic acids is 2. The molecular weight excluding hydrogens is 291 g/mol. The van der Waals surface area contributed by atoms with Crippen LogP contribution in [0.15, 0.2) is 18.2 Å². The summed E-state index contributed by atoms with van der Waals surface area (Å²) < 4.78 is 19.0. The molecule has 2 rings (SSSR count). The summed E-state index contributed by atoms with van der Waals surface area (Å²) in [6.45, 7) is 0.309. The number of halogens is 1. The Morgan fingerprint density at radius 2 is 2.23 bits per heavy atom.